The van der Waals surface area contributed by atoms with Crippen LogP contribution in [0.2, 0.25) is 0 Å². The lowest BCUT2D eigenvalue weighted by molar-refractivity contribution is -0.143. The van der Waals surface area contributed by atoms with Crippen LogP contribution >= 0.6 is 0 Å². The molecule has 0 aromatic heterocycles. The zero-order valence-corrected chi connectivity index (χ0v) is 51.3. The molecule has 0 saturated carbocycles. The van der Waals surface area contributed by atoms with Crippen molar-refractivity contribution < 1.29 is 24.5 Å². The Morgan fingerprint density at radius 2 is 0.547 bits per heavy atom. The van der Waals surface area contributed by atoms with E-state index in [4.69, 9.17) is 4.74 Å². The Kier molecular flexibility index (Phi) is 64.4. The summed E-state index contributed by atoms with van der Waals surface area (Å²) < 4.78 is 5.49. The molecule has 0 saturated heterocycles. The predicted molar refractivity (Wildman–Crippen MR) is 329 cm³/mol. The highest BCUT2D eigenvalue weighted by Crippen LogP contribution is 2.19. The van der Waals surface area contributed by atoms with Gasteiger partial charge in [0.2, 0.25) is 5.91 Å². The van der Waals surface area contributed by atoms with Crippen molar-refractivity contribution in [3.63, 3.8) is 0 Å². The monoisotopic (exact) mass is 1060 g/mol. The molecule has 0 heterocycles. The van der Waals surface area contributed by atoms with Crippen LogP contribution in [-0.2, 0) is 14.3 Å². The first kappa shape index (κ1) is 73.9. The summed E-state index contributed by atoms with van der Waals surface area (Å²) in [5.41, 5.74) is 0. The second-order valence-corrected chi connectivity index (χ2v) is 24.2. The molecule has 0 aliphatic heterocycles. The van der Waals surface area contributed by atoms with Crippen molar-refractivity contribution in [1.82, 2.24) is 5.32 Å². The Labute approximate surface area is 470 Å². The number of unbranched alkanes of at least 4 members (excludes halogenated alkanes) is 55. The molecule has 2 unspecified atom stereocenters. The lowest BCUT2D eigenvalue weighted by Crippen LogP contribution is -2.45. The minimum atomic E-state index is -0.662. The summed E-state index contributed by atoms with van der Waals surface area (Å²) in [6, 6.07) is -0.538. The minimum absolute atomic E-state index is 0.0208. The third-order valence-corrected chi connectivity index (χ3v) is 16.7. The molecule has 448 valence electrons. The number of aliphatic hydroxyl groups is 2. The first-order chi connectivity index (χ1) is 37.0. The number of carbonyl (C=O) groups is 2. The number of hydrogen-bond donors (Lipinski definition) is 3. The maximum absolute atomic E-state index is 12.5. The highest BCUT2D eigenvalue weighted by molar-refractivity contribution is 5.76. The van der Waals surface area contributed by atoms with Crippen LogP contribution in [-0.4, -0.2) is 47.4 Å². The molecule has 0 aliphatic carbocycles. The number of aliphatic hydroxyl groups excluding tert-OH is 2. The van der Waals surface area contributed by atoms with Crippen LogP contribution in [0.25, 0.3) is 0 Å². The van der Waals surface area contributed by atoms with Gasteiger partial charge >= 0.3 is 5.97 Å². The normalized spacial score (nSPS) is 12.4. The standard InChI is InChI=1S/C69H137NO5/c1-3-5-7-9-11-13-15-17-18-19-31-34-38-41-45-49-53-57-61-67(72)66(65-71)70-68(73)62-58-54-50-46-42-39-35-32-29-27-25-23-21-20-22-24-26-28-30-33-36-40-44-48-52-56-60-64-75-69(74)63-59-55-51-47-43-37-16-14-12-10-8-6-4-2/h66-67,71-72H,3-65H2,1-2H3,(H,70,73). The van der Waals surface area contributed by atoms with E-state index in [1.165, 1.54) is 334 Å². The van der Waals surface area contributed by atoms with Crippen molar-refractivity contribution in [2.75, 3.05) is 13.2 Å². The Hall–Kier alpha value is -1.14. The van der Waals surface area contributed by atoms with Crippen LogP contribution in [0.1, 0.15) is 406 Å². The van der Waals surface area contributed by atoms with Gasteiger partial charge in [0, 0.05) is 12.8 Å². The number of esters is 1. The Morgan fingerprint density at radius 1 is 0.320 bits per heavy atom. The molecule has 0 fully saturated rings. The van der Waals surface area contributed by atoms with Gasteiger partial charge in [-0.2, -0.15) is 0 Å². The second-order valence-electron chi connectivity index (χ2n) is 24.2. The molecule has 1 amide bonds. The summed E-state index contributed by atoms with van der Waals surface area (Å²) in [6.45, 7) is 5.00. The number of amides is 1. The van der Waals surface area contributed by atoms with Gasteiger partial charge < -0.3 is 20.3 Å². The average molecular weight is 1060 g/mol. The fourth-order valence-corrected chi connectivity index (χ4v) is 11.4. The van der Waals surface area contributed by atoms with Crippen molar-refractivity contribution in [1.29, 1.82) is 0 Å². The van der Waals surface area contributed by atoms with Crippen LogP contribution in [0.4, 0.5) is 0 Å². The molecule has 3 N–H and O–H groups in total. The molecule has 6 nitrogen and oxygen atoms in total. The smallest absolute Gasteiger partial charge is 0.305 e. The number of carbonyl (C=O) groups excluding carboxylic acids is 2. The van der Waals surface area contributed by atoms with E-state index in [0.717, 1.165) is 38.5 Å². The molecule has 0 aliphatic rings. The van der Waals surface area contributed by atoms with Crippen LogP contribution in [0, 0.1) is 0 Å². The minimum Gasteiger partial charge on any atom is -0.466 e. The lowest BCUT2D eigenvalue weighted by atomic mass is 10.0. The summed E-state index contributed by atoms with van der Waals surface area (Å²) in [4.78, 5) is 24.6. The zero-order valence-electron chi connectivity index (χ0n) is 51.3. The van der Waals surface area contributed by atoms with Crippen molar-refractivity contribution >= 4 is 11.9 Å². The van der Waals surface area contributed by atoms with E-state index in [2.05, 4.69) is 19.2 Å². The van der Waals surface area contributed by atoms with E-state index in [1.54, 1.807) is 0 Å². The highest BCUT2D eigenvalue weighted by Gasteiger charge is 2.20. The molecule has 6 heteroatoms. The van der Waals surface area contributed by atoms with Crippen molar-refractivity contribution in [2.24, 2.45) is 0 Å². The number of nitrogens with one attached hydrogen (secondary N) is 1. The van der Waals surface area contributed by atoms with Crippen molar-refractivity contribution in [3.05, 3.63) is 0 Å². The number of hydrogen-bond acceptors (Lipinski definition) is 5. The summed E-state index contributed by atoms with van der Waals surface area (Å²) in [5.74, 6) is -0.00671. The first-order valence-electron chi connectivity index (χ1n) is 34.8. The Morgan fingerprint density at radius 3 is 0.813 bits per heavy atom. The van der Waals surface area contributed by atoms with Crippen molar-refractivity contribution in [2.45, 2.75) is 418 Å². The maximum Gasteiger partial charge on any atom is 0.305 e. The maximum atomic E-state index is 12.5. The van der Waals surface area contributed by atoms with Crippen molar-refractivity contribution in [3.8, 4) is 0 Å². The van der Waals surface area contributed by atoms with E-state index in [1.807, 2.05) is 0 Å². The van der Waals surface area contributed by atoms with Gasteiger partial charge in [-0.05, 0) is 25.7 Å². The molecule has 0 bridgehead atoms. The molecular weight excluding hydrogens is 923 g/mol. The predicted octanol–water partition coefficient (Wildman–Crippen LogP) is 22.2. The SMILES string of the molecule is CCCCCCCCCCCCCCCCCCCCC(O)C(CO)NC(=O)CCCCCCCCCCCCCCCCCCCCCCCCCCCCCOC(=O)CCCCCCCCCCCCCCC. The quantitative estimate of drug-likeness (QED) is 0.0417. The Bertz CT molecular complexity index is 1080. The van der Waals surface area contributed by atoms with Gasteiger partial charge in [0.05, 0.1) is 25.4 Å². The Balaban J connectivity index is 3.33. The van der Waals surface area contributed by atoms with Crippen LogP contribution < -0.4 is 5.32 Å². The van der Waals surface area contributed by atoms with Gasteiger partial charge in [0.15, 0.2) is 0 Å². The summed E-state index contributed by atoms with van der Waals surface area (Å²) in [7, 11) is 0. The number of ether oxygens (including phenoxy) is 1. The van der Waals surface area contributed by atoms with E-state index >= 15 is 0 Å². The zero-order chi connectivity index (χ0) is 54.3. The van der Waals surface area contributed by atoms with Gasteiger partial charge in [0.25, 0.3) is 0 Å². The van der Waals surface area contributed by atoms with Gasteiger partial charge in [-0.1, -0.05) is 367 Å². The van der Waals surface area contributed by atoms with E-state index in [-0.39, 0.29) is 18.5 Å². The molecule has 0 aromatic rings. The summed E-state index contributed by atoms with van der Waals surface area (Å²) >= 11 is 0. The average Bonchev–Trinajstić information content (AvgIpc) is 3.41. The molecule has 0 radical (unpaired) electrons. The van der Waals surface area contributed by atoms with E-state index < -0.39 is 12.1 Å². The van der Waals surface area contributed by atoms with E-state index in [0.29, 0.717) is 25.9 Å². The fraction of sp³-hybridized carbons (Fsp3) is 0.971. The third kappa shape index (κ3) is 61.9. The van der Waals surface area contributed by atoms with Gasteiger partial charge in [-0.3, -0.25) is 9.59 Å². The van der Waals surface area contributed by atoms with Crippen LogP contribution in [0.5, 0.6) is 0 Å². The molecule has 0 rings (SSSR count). The number of rotatable bonds is 66. The highest BCUT2D eigenvalue weighted by atomic mass is 16.5. The lowest BCUT2D eigenvalue weighted by Gasteiger charge is -2.22. The second kappa shape index (κ2) is 65.4. The van der Waals surface area contributed by atoms with Gasteiger partial charge in [-0.15, -0.1) is 0 Å². The third-order valence-electron chi connectivity index (χ3n) is 16.7. The van der Waals surface area contributed by atoms with Gasteiger partial charge in [-0.25, -0.2) is 0 Å². The van der Waals surface area contributed by atoms with Crippen LogP contribution in [0.3, 0.4) is 0 Å². The molecule has 2 atom stereocenters. The first-order valence-corrected chi connectivity index (χ1v) is 34.8. The molecule has 0 spiro atoms. The summed E-state index contributed by atoms with van der Waals surface area (Å²) in [5, 5.41) is 23.4. The topological polar surface area (TPSA) is 95.9 Å². The molecular formula is C69H137NO5. The van der Waals surface area contributed by atoms with Crippen LogP contribution in [0.15, 0.2) is 0 Å². The van der Waals surface area contributed by atoms with Gasteiger partial charge in [0.1, 0.15) is 0 Å². The largest absolute Gasteiger partial charge is 0.466 e. The molecule has 0 aromatic carbocycles. The summed E-state index contributed by atoms with van der Waals surface area (Å²) in [6.07, 6.45) is 78.6. The van der Waals surface area contributed by atoms with E-state index in [9.17, 15) is 19.8 Å². The fourth-order valence-electron chi connectivity index (χ4n) is 11.4. The molecule has 75 heavy (non-hydrogen) atoms.